The SMILES string of the molecule is O=c1[nH]c(-c2ccccc2OC(F)(F)F)nc(O)c1Br. The minimum Gasteiger partial charge on any atom is -0.492 e. The van der Waals surface area contributed by atoms with E-state index in [2.05, 4.69) is 30.6 Å². The van der Waals surface area contributed by atoms with Crippen LogP contribution < -0.4 is 10.3 Å². The molecule has 1 aromatic carbocycles. The summed E-state index contributed by atoms with van der Waals surface area (Å²) in [4.78, 5) is 17.3. The average molecular weight is 351 g/mol. The molecule has 1 heterocycles. The molecular formula is C11H6BrF3N2O3. The van der Waals surface area contributed by atoms with Gasteiger partial charge in [0.1, 0.15) is 16.0 Å². The second kappa shape index (κ2) is 5.16. The van der Waals surface area contributed by atoms with Crippen LogP contribution in [-0.4, -0.2) is 21.4 Å². The van der Waals surface area contributed by atoms with E-state index < -0.39 is 23.6 Å². The number of hydrogen-bond acceptors (Lipinski definition) is 4. The van der Waals surface area contributed by atoms with E-state index in [1.807, 2.05) is 0 Å². The maximum atomic E-state index is 12.3. The van der Waals surface area contributed by atoms with Crippen molar-refractivity contribution in [1.29, 1.82) is 0 Å². The molecule has 2 aromatic rings. The molecule has 0 atom stereocenters. The first-order valence-electron chi connectivity index (χ1n) is 5.12. The monoisotopic (exact) mass is 350 g/mol. The van der Waals surface area contributed by atoms with Crippen molar-refractivity contribution < 1.29 is 23.0 Å². The molecule has 1 aromatic heterocycles. The van der Waals surface area contributed by atoms with Gasteiger partial charge >= 0.3 is 6.36 Å². The Morgan fingerprint density at radius 1 is 1.30 bits per heavy atom. The Bertz CT molecular complexity index is 700. The van der Waals surface area contributed by atoms with Crippen LogP contribution >= 0.6 is 15.9 Å². The molecule has 2 N–H and O–H groups in total. The number of para-hydroxylation sites is 1. The van der Waals surface area contributed by atoms with Crippen molar-refractivity contribution in [3.8, 4) is 23.0 Å². The molecule has 0 aliphatic rings. The van der Waals surface area contributed by atoms with Crippen LogP contribution in [0.4, 0.5) is 13.2 Å². The molecule has 0 radical (unpaired) electrons. The first-order valence-corrected chi connectivity index (χ1v) is 5.91. The number of alkyl halides is 3. The number of nitrogens with zero attached hydrogens (tertiary/aromatic N) is 1. The summed E-state index contributed by atoms with van der Waals surface area (Å²) >= 11 is 2.79. The number of benzene rings is 1. The number of nitrogens with one attached hydrogen (secondary N) is 1. The lowest BCUT2D eigenvalue weighted by Crippen LogP contribution is -2.18. The second-order valence-electron chi connectivity index (χ2n) is 3.60. The fraction of sp³-hybridized carbons (Fsp3) is 0.0909. The fourth-order valence-corrected chi connectivity index (χ4v) is 1.64. The smallest absolute Gasteiger partial charge is 0.492 e. The van der Waals surface area contributed by atoms with Crippen LogP contribution in [0.15, 0.2) is 33.5 Å². The van der Waals surface area contributed by atoms with Gasteiger partial charge in [0.2, 0.25) is 5.88 Å². The van der Waals surface area contributed by atoms with E-state index in [9.17, 15) is 23.1 Å². The third-order valence-corrected chi connectivity index (χ3v) is 2.93. The van der Waals surface area contributed by atoms with Crippen molar-refractivity contribution in [3.05, 3.63) is 39.1 Å². The predicted molar refractivity (Wildman–Crippen MR) is 66.3 cm³/mol. The number of ether oxygens (including phenoxy) is 1. The Labute approximate surface area is 118 Å². The standard InChI is InChI=1S/C11H6BrF3N2O3/c12-7-9(18)16-8(17-10(7)19)5-3-1-2-4-6(5)20-11(13,14)15/h1-4H,(H2,16,17,18,19). The molecule has 0 bridgehead atoms. The van der Waals surface area contributed by atoms with Gasteiger partial charge in [-0.1, -0.05) is 12.1 Å². The normalized spacial score (nSPS) is 11.4. The van der Waals surface area contributed by atoms with Crippen LogP contribution in [0.5, 0.6) is 11.6 Å². The highest BCUT2D eigenvalue weighted by atomic mass is 79.9. The van der Waals surface area contributed by atoms with Crippen LogP contribution in [-0.2, 0) is 0 Å². The van der Waals surface area contributed by atoms with E-state index in [-0.39, 0.29) is 15.9 Å². The summed E-state index contributed by atoms with van der Waals surface area (Å²) in [6.07, 6.45) is -4.88. The summed E-state index contributed by atoms with van der Waals surface area (Å²) in [6, 6.07) is 5.12. The molecule has 0 saturated carbocycles. The Kier molecular flexibility index (Phi) is 3.71. The van der Waals surface area contributed by atoms with Gasteiger partial charge in [0.15, 0.2) is 0 Å². The van der Waals surface area contributed by atoms with Crippen LogP contribution in [0.2, 0.25) is 0 Å². The Balaban J connectivity index is 2.56. The first-order chi connectivity index (χ1) is 9.28. The molecule has 2 rings (SSSR count). The summed E-state index contributed by atoms with van der Waals surface area (Å²) < 4.78 is 40.5. The first kappa shape index (κ1) is 14.4. The van der Waals surface area contributed by atoms with Gasteiger partial charge in [-0.05, 0) is 28.1 Å². The van der Waals surface area contributed by atoms with Gasteiger partial charge in [-0.25, -0.2) is 0 Å². The molecular weight excluding hydrogens is 345 g/mol. The average Bonchev–Trinajstić information content (AvgIpc) is 2.34. The summed E-state index contributed by atoms with van der Waals surface area (Å²) in [5, 5.41) is 9.42. The molecule has 9 heteroatoms. The third kappa shape index (κ3) is 3.10. The molecule has 20 heavy (non-hydrogen) atoms. The number of H-pyrrole nitrogens is 1. The highest BCUT2D eigenvalue weighted by Gasteiger charge is 2.32. The highest BCUT2D eigenvalue weighted by molar-refractivity contribution is 9.10. The van der Waals surface area contributed by atoms with Gasteiger partial charge in [-0.3, -0.25) is 4.79 Å². The van der Waals surface area contributed by atoms with Crippen LogP contribution in [0, 0.1) is 0 Å². The Hall–Kier alpha value is -2.03. The topological polar surface area (TPSA) is 75.2 Å². The van der Waals surface area contributed by atoms with Gasteiger partial charge in [0.25, 0.3) is 5.56 Å². The minimum atomic E-state index is -4.88. The Morgan fingerprint density at radius 3 is 2.55 bits per heavy atom. The van der Waals surface area contributed by atoms with E-state index in [1.165, 1.54) is 18.2 Å². The van der Waals surface area contributed by atoms with Crippen molar-refractivity contribution in [1.82, 2.24) is 9.97 Å². The lowest BCUT2D eigenvalue weighted by atomic mass is 10.2. The quantitative estimate of drug-likeness (QED) is 0.873. The van der Waals surface area contributed by atoms with E-state index in [1.54, 1.807) is 0 Å². The molecule has 0 spiro atoms. The maximum Gasteiger partial charge on any atom is 0.573 e. The van der Waals surface area contributed by atoms with Crippen LogP contribution in [0.1, 0.15) is 0 Å². The van der Waals surface area contributed by atoms with Crippen LogP contribution in [0.3, 0.4) is 0 Å². The van der Waals surface area contributed by atoms with Gasteiger partial charge in [0, 0.05) is 0 Å². The van der Waals surface area contributed by atoms with Gasteiger partial charge in [-0.2, -0.15) is 4.98 Å². The zero-order valence-electron chi connectivity index (χ0n) is 9.53. The van der Waals surface area contributed by atoms with Gasteiger partial charge in [0.05, 0.1) is 5.56 Å². The van der Waals surface area contributed by atoms with Crippen molar-refractivity contribution >= 4 is 15.9 Å². The lowest BCUT2D eigenvalue weighted by Gasteiger charge is -2.12. The number of aromatic amines is 1. The lowest BCUT2D eigenvalue weighted by molar-refractivity contribution is -0.274. The minimum absolute atomic E-state index is 0.107. The molecule has 0 fully saturated rings. The second-order valence-corrected chi connectivity index (χ2v) is 4.39. The fourth-order valence-electron chi connectivity index (χ4n) is 1.45. The zero-order chi connectivity index (χ0) is 14.9. The number of rotatable bonds is 2. The molecule has 0 aliphatic carbocycles. The van der Waals surface area contributed by atoms with Crippen LogP contribution in [0.25, 0.3) is 11.4 Å². The van der Waals surface area contributed by atoms with Crippen molar-refractivity contribution in [2.24, 2.45) is 0 Å². The molecule has 0 saturated heterocycles. The van der Waals surface area contributed by atoms with Crippen molar-refractivity contribution in [2.45, 2.75) is 6.36 Å². The third-order valence-electron chi connectivity index (χ3n) is 2.21. The Morgan fingerprint density at radius 2 is 1.95 bits per heavy atom. The molecule has 0 amide bonds. The van der Waals surface area contributed by atoms with E-state index in [0.717, 1.165) is 6.07 Å². The predicted octanol–water partition coefficient (Wildman–Crippen LogP) is 2.80. The molecule has 5 nitrogen and oxygen atoms in total. The zero-order valence-corrected chi connectivity index (χ0v) is 11.1. The molecule has 106 valence electrons. The van der Waals surface area contributed by atoms with Crippen molar-refractivity contribution in [3.63, 3.8) is 0 Å². The van der Waals surface area contributed by atoms with E-state index in [4.69, 9.17) is 0 Å². The summed E-state index contributed by atoms with van der Waals surface area (Å²) in [6.45, 7) is 0. The van der Waals surface area contributed by atoms with E-state index >= 15 is 0 Å². The highest BCUT2D eigenvalue weighted by Crippen LogP contribution is 2.32. The maximum absolute atomic E-state index is 12.3. The van der Waals surface area contributed by atoms with Gasteiger partial charge in [-0.15, -0.1) is 13.2 Å². The number of aromatic nitrogens is 2. The largest absolute Gasteiger partial charge is 0.573 e. The van der Waals surface area contributed by atoms with Gasteiger partial charge < -0.3 is 14.8 Å². The number of halogens is 4. The molecule has 0 unspecified atom stereocenters. The molecule has 0 aliphatic heterocycles. The number of hydrogen-bond donors (Lipinski definition) is 2. The summed E-state index contributed by atoms with van der Waals surface area (Å²) in [7, 11) is 0. The van der Waals surface area contributed by atoms with Crippen molar-refractivity contribution in [2.75, 3.05) is 0 Å². The number of aromatic hydroxyl groups is 1. The van der Waals surface area contributed by atoms with E-state index in [0.29, 0.717) is 0 Å². The summed E-state index contributed by atoms with van der Waals surface area (Å²) in [5.41, 5.74) is -0.834. The summed E-state index contributed by atoms with van der Waals surface area (Å²) in [5.74, 6) is -1.41.